The monoisotopic (exact) mass is 764 g/mol. The van der Waals surface area contributed by atoms with Crippen LogP contribution >= 0.6 is 0 Å². The molecule has 15 rings (SSSR count). The van der Waals surface area contributed by atoms with Gasteiger partial charge in [0.05, 0.1) is 0 Å². The molecule has 2 aliphatic heterocycles. The highest BCUT2D eigenvalue weighted by Gasteiger charge is 2.49. The lowest BCUT2D eigenvalue weighted by Crippen LogP contribution is -2.57. The molecular formula is C55H33BN2O2. The van der Waals surface area contributed by atoms with Crippen molar-refractivity contribution in [3.63, 3.8) is 0 Å². The summed E-state index contributed by atoms with van der Waals surface area (Å²) in [5.74, 6) is 0. The molecule has 0 spiro atoms. The second kappa shape index (κ2) is 10.6. The van der Waals surface area contributed by atoms with Crippen LogP contribution in [0.3, 0.4) is 0 Å². The molecule has 5 heteroatoms. The van der Waals surface area contributed by atoms with Crippen LogP contribution in [0.5, 0.6) is 0 Å². The Bertz CT molecular complexity index is 3960. The van der Waals surface area contributed by atoms with Crippen LogP contribution in [0.25, 0.3) is 98.7 Å². The summed E-state index contributed by atoms with van der Waals surface area (Å²) >= 11 is 0. The lowest BCUT2D eigenvalue weighted by Gasteiger charge is -2.43. The highest BCUT2D eigenvalue weighted by Crippen LogP contribution is 2.58. The number of fused-ring (bicyclic) bond motifs is 18. The Hall–Kier alpha value is -7.50. The van der Waals surface area contributed by atoms with Crippen LogP contribution in [0.1, 0.15) is 25.0 Å². The molecule has 0 bridgehead atoms. The fraction of sp³-hybridized carbons (Fsp3) is 0.0545. The number of furan rings is 2. The van der Waals surface area contributed by atoms with Crippen LogP contribution in [0.4, 0.5) is 17.1 Å². The van der Waals surface area contributed by atoms with Gasteiger partial charge >= 0.3 is 6.85 Å². The SMILES string of the molecule is CC1(C)c2ccccc2-c2cc3c4c(c21)N(c1ccc2oc5ccccc5c2c1)c1cc2c(cc1B4n1c4cc5ccccc5cc4c4cccc-3c41)oc1ccccc12. The van der Waals surface area contributed by atoms with E-state index in [0.717, 1.165) is 49.6 Å². The lowest BCUT2D eigenvalue weighted by molar-refractivity contribution is 0.661. The Labute approximate surface area is 344 Å². The minimum atomic E-state index is -0.281. The molecule has 0 saturated carbocycles. The average molecular weight is 765 g/mol. The second-order valence-corrected chi connectivity index (χ2v) is 17.6. The molecule has 0 fully saturated rings. The Morgan fingerprint density at radius 1 is 0.483 bits per heavy atom. The molecule has 1 aliphatic carbocycles. The molecular weight excluding hydrogens is 731 g/mol. The molecule has 0 N–H and O–H groups in total. The van der Waals surface area contributed by atoms with Gasteiger partial charge in [-0.25, -0.2) is 0 Å². The van der Waals surface area contributed by atoms with Gasteiger partial charge in [0, 0.05) is 71.4 Å². The van der Waals surface area contributed by atoms with Crippen molar-refractivity contribution in [1.29, 1.82) is 0 Å². The number of aromatic nitrogens is 1. The Morgan fingerprint density at radius 3 is 1.98 bits per heavy atom. The van der Waals surface area contributed by atoms with Gasteiger partial charge in [-0.15, -0.1) is 0 Å². The first-order valence-corrected chi connectivity index (χ1v) is 20.9. The quantitative estimate of drug-likeness (QED) is 0.156. The first-order valence-electron chi connectivity index (χ1n) is 20.9. The summed E-state index contributed by atoms with van der Waals surface area (Å²) in [4.78, 5) is 2.60. The fourth-order valence-electron chi connectivity index (χ4n) is 11.8. The molecule has 12 aromatic rings. The molecule has 4 nitrogen and oxygen atoms in total. The summed E-state index contributed by atoms with van der Waals surface area (Å²) in [7, 11) is 0. The zero-order chi connectivity index (χ0) is 39.2. The minimum Gasteiger partial charge on any atom is -0.456 e. The molecule has 278 valence electrons. The van der Waals surface area contributed by atoms with Crippen molar-refractivity contribution < 1.29 is 8.83 Å². The van der Waals surface area contributed by atoms with E-state index in [1.165, 1.54) is 88.3 Å². The molecule has 3 aromatic heterocycles. The van der Waals surface area contributed by atoms with Crippen molar-refractivity contribution in [3.05, 3.63) is 175 Å². The molecule has 5 heterocycles. The first kappa shape index (κ1) is 31.5. The summed E-state index contributed by atoms with van der Waals surface area (Å²) in [6, 6.07) is 60.6. The van der Waals surface area contributed by atoms with Crippen molar-refractivity contribution in [2.24, 2.45) is 0 Å². The fourth-order valence-corrected chi connectivity index (χ4v) is 11.8. The number of hydrogen-bond donors (Lipinski definition) is 0. The molecule has 0 atom stereocenters. The maximum atomic E-state index is 6.76. The van der Waals surface area contributed by atoms with Gasteiger partial charge in [-0.3, -0.25) is 0 Å². The van der Waals surface area contributed by atoms with E-state index in [0.29, 0.717) is 0 Å². The Morgan fingerprint density at radius 2 is 1.15 bits per heavy atom. The molecule has 0 amide bonds. The Balaban J connectivity index is 1.17. The van der Waals surface area contributed by atoms with Crippen molar-refractivity contribution in [2.45, 2.75) is 19.3 Å². The Kier molecular flexibility index (Phi) is 5.55. The standard InChI is InChI=1S/C55H33BN2O2/c1-55(2)43-19-8-5-14-33(43)41-27-42-37-18-11-17-36-38-24-30-12-3-4-13-31(30)25-45(38)58(53(36)37)56-44-29-50-40(35-16-7-10-21-48(35)60-50)28-46(44)57(54(51(41)55)52(42)56)32-22-23-49-39(26-32)34-15-6-9-20-47(34)59-49/h3-29H,1-2H3. The lowest BCUT2D eigenvalue weighted by atomic mass is 9.44. The van der Waals surface area contributed by atoms with Crippen molar-refractivity contribution in [1.82, 2.24) is 4.48 Å². The maximum absolute atomic E-state index is 6.76. The number of benzene rings is 9. The van der Waals surface area contributed by atoms with E-state index in [4.69, 9.17) is 8.83 Å². The van der Waals surface area contributed by atoms with E-state index in [9.17, 15) is 0 Å². The van der Waals surface area contributed by atoms with Gasteiger partial charge in [-0.05, 0) is 110 Å². The van der Waals surface area contributed by atoms with Crippen LogP contribution < -0.4 is 15.8 Å². The van der Waals surface area contributed by atoms with Crippen LogP contribution in [0, 0.1) is 0 Å². The summed E-state index contributed by atoms with van der Waals surface area (Å²) in [6.45, 7) is 4.72. The molecule has 0 unspecified atom stereocenters. The predicted octanol–water partition coefficient (Wildman–Crippen LogP) is 13.5. The summed E-state index contributed by atoms with van der Waals surface area (Å²) in [5, 5.41) is 9.54. The zero-order valence-corrected chi connectivity index (χ0v) is 32.9. The highest BCUT2D eigenvalue weighted by atomic mass is 16.3. The summed E-state index contributed by atoms with van der Waals surface area (Å²) < 4.78 is 15.9. The largest absolute Gasteiger partial charge is 0.456 e. The van der Waals surface area contributed by atoms with Gasteiger partial charge in [-0.1, -0.05) is 117 Å². The molecule has 0 radical (unpaired) electrons. The topological polar surface area (TPSA) is 34.5 Å². The number of anilines is 3. The predicted molar refractivity (Wildman–Crippen MR) is 250 cm³/mol. The van der Waals surface area contributed by atoms with E-state index < -0.39 is 0 Å². The van der Waals surface area contributed by atoms with E-state index in [-0.39, 0.29) is 12.3 Å². The van der Waals surface area contributed by atoms with Crippen molar-refractivity contribution >= 4 is 111 Å². The zero-order valence-electron chi connectivity index (χ0n) is 32.9. The third kappa shape index (κ3) is 3.68. The average Bonchev–Trinajstić information content (AvgIpc) is 4.00. The van der Waals surface area contributed by atoms with Gasteiger partial charge in [0.25, 0.3) is 0 Å². The van der Waals surface area contributed by atoms with E-state index >= 15 is 0 Å². The van der Waals surface area contributed by atoms with Gasteiger partial charge in [0.2, 0.25) is 0 Å². The number of para-hydroxylation sites is 3. The highest BCUT2D eigenvalue weighted by molar-refractivity contribution is 6.90. The molecule has 3 aliphatic rings. The van der Waals surface area contributed by atoms with E-state index in [2.05, 4.69) is 187 Å². The molecule has 0 saturated heterocycles. The first-order chi connectivity index (χ1) is 29.5. The van der Waals surface area contributed by atoms with Gasteiger partial charge in [0.1, 0.15) is 22.3 Å². The van der Waals surface area contributed by atoms with Crippen LogP contribution in [-0.4, -0.2) is 11.3 Å². The maximum Gasteiger partial charge on any atom is 0.333 e. The number of rotatable bonds is 1. The number of hydrogen-bond acceptors (Lipinski definition) is 3. The second-order valence-electron chi connectivity index (χ2n) is 17.6. The van der Waals surface area contributed by atoms with E-state index in [1.807, 2.05) is 0 Å². The molecule has 60 heavy (non-hydrogen) atoms. The summed E-state index contributed by atoms with van der Waals surface area (Å²) in [5.41, 5.74) is 19.9. The normalized spacial score (nSPS) is 14.6. The smallest absolute Gasteiger partial charge is 0.333 e. The van der Waals surface area contributed by atoms with E-state index in [1.54, 1.807) is 0 Å². The van der Waals surface area contributed by atoms with Crippen LogP contribution in [-0.2, 0) is 5.41 Å². The van der Waals surface area contributed by atoms with Gasteiger partial charge in [0.15, 0.2) is 0 Å². The van der Waals surface area contributed by atoms with Gasteiger partial charge < -0.3 is 18.2 Å². The number of nitrogens with zero attached hydrogens (tertiary/aromatic N) is 2. The van der Waals surface area contributed by atoms with Crippen LogP contribution in [0.2, 0.25) is 0 Å². The third-order valence-corrected chi connectivity index (χ3v) is 14.3. The van der Waals surface area contributed by atoms with Crippen molar-refractivity contribution in [2.75, 3.05) is 4.90 Å². The molecule has 9 aromatic carbocycles. The third-order valence-electron chi connectivity index (χ3n) is 14.3. The summed E-state index contributed by atoms with van der Waals surface area (Å²) in [6.07, 6.45) is 0. The van der Waals surface area contributed by atoms with Gasteiger partial charge in [-0.2, -0.15) is 0 Å². The van der Waals surface area contributed by atoms with Crippen LogP contribution in [0.15, 0.2) is 173 Å². The van der Waals surface area contributed by atoms with Crippen molar-refractivity contribution in [3.8, 4) is 22.3 Å². The minimum absolute atomic E-state index is 0.127.